The number of ether oxygens (including phenoxy) is 2. The Labute approximate surface area is 128 Å². The summed E-state index contributed by atoms with van der Waals surface area (Å²) in [7, 11) is 1.59. The molecule has 0 heterocycles. The first kappa shape index (κ1) is 15.2. The van der Waals surface area contributed by atoms with Crippen LogP contribution in [0.2, 0.25) is 5.02 Å². The molecule has 0 aliphatic rings. The first-order valence-corrected chi connectivity index (χ1v) is 6.84. The largest absolute Gasteiger partial charge is 0.497 e. The predicted octanol–water partition coefficient (Wildman–Crippen LogP) is 3.75. The smallest absolute Gasteiger partial charge is 0.265 e. The van der Waals surface area contributed by atoms with Gasteiger partial charge in [0, 0.05) is 5.69 Å². The van der Waals surface area contributed by atoms with E-state index in [2.05, 4.69) is 5.32 Å². The standard InChI is InChI=1S/C16H16ClNO3/c1-11(21-15-6-4-3-5-14(15)17)16(19)18-12-7-9-13(20-2)10-8-12/h3-11H,1-2H3,(H,18,19)/t11-/m1/s1. The van der Waals surface area contributed by atoms with Gasteiger partial charge in [0.1, 0.15) is 11.5 Å². The van der Waals surface area contributed by atoms with E-state index in [1.165, 1.54) is 0 Å². The number of methoxy groups -OCH3 is 1. The highest BCUT2D eigenvalue weighted by atomic mass is 35.5. The number of para-hydroxylation sites is 1. The summed E-state index contributed by atoms with van der Waals surface area (Å²) in [5, 5.41) is 3.24. The highest BCUT2D eigenvalue weighted by Gasteiger charge is 2.16. The average Bonchev–Trinajstić information content (AvgIpc) is 2.50. The number of nitrogens with one attached hydrogen (secondary N) is 1. The molecule has 0 bridgehead atoms. The lowest BCUT2D eigenvalue weighted by Crippen LogP contribution is -2.30. The highest BCUT2D eigenvalue weighted by molar-refractivity contribution is 6.32. The molecular formula is C16H16ClNO3. The Morgan fingerprint density at radius 1 is 1.14 bits per heavy atom. The minimum Gasteiger partial charge on any atom is -0.497 e. The first-order chi connectivity index (χ1) is 10.1. The third kappa shape index (κ3) is 4.13. The summed E-state index contributed by atoms with van der Waals surface area (Å²) in [6, 6.07) is 14.1. The summed E-state index contributed by atoms with van der Waals surface area (Å²) in [4.78, 5) is 12.1. The summed E-state index contributed by atoms with van der Waals surface area (Å²) < 4.78 is 10.6. The normalized spacial score (nSPS) is 11.6. The van der Waals surface area contributed by atoms with Crippen LogP contribution in [0.1, 0.15) is 6.92 Å². The lowest BCUT2D eigenvalue weighted by atomic mass is 10.2. The van der Waals surface area contributed by atoms with E-state index in [0.717, 1.165) is 5.75 Å². The van der Waals surface area contributed by atoms with Gasteiger partial charge in [-0.1, -0.05) is 23.7 Å². The van der Waals surface area contributed by atoms with Crippen LogP contribution in [-0.4, -0.2) is 19.1 Å². The van der Waals surface area contributed by atoms with Crippen molar-refractivity contribution in [2.45, 2.75) is 13.0 Å². The van der Waals surface area contributed by atoms with E-state index in [4.69, 9.17) is 21.1 Å². The number of carbonyl (C=O) groups excluding carboxylic acids is 1. The summed E-state index contributed by atoms with van der Waals surface area (Å²) in [5.41, 5.74) is 0.676. The zero-order chi connectivity index (χ0) is 15.2. The molecule has 0 aromatic heterocycles. The molecular weight excluding hydrogens is 290 g/mol. The van der Waals surface area contributed by atoms with Gasteiger partial charge in [-0.3, -0.25) is 4.79 Å². The maximum absolute atomic E-state index is 12.1. The molecule has 0 saturated heterocycles. The third-order valence-electron chi connectivity index (χ3n) is 2.87. The number of hydrogen-bond acceptors (Lipinski definition) is 3. The third-order valence-corrected chi connectivity index (χ3v) is 3.18. The van der Waals surface area contributed by atoms with Gasteiger partial charge in [0.15, 0.2) is 6.10 Å². The molecule has 5 heteroatoms. The number of benzene rings is 2. The lowest BCUT2D eigenvalue weighted by Gasteiger charge is -2.15. The highest BCUT2D eigenvalue weighted by Crippen LogP contribution is 2.24. The fourth-order valence-corrected chi connectivity index (χ4v) is 1.88. The molecule has 0 saturated carbocycles. The van der Waals surface area contributed by atoms with Gasteiger partial charge >= 0.3 is 0 Å². The second-order valence-electron chi connectivity index (χ2n) is 4.41. The fourth-order valence-electron chi connectivity index (χ4n) is 1.70. The quantitative estimate of drug-likeness (QED) is 0.915. The van der Waals surface area contributed by atoms with Gasteiger partial charge in [-0.2, -0.15) is 0 Å². The van der Waals surface area contributed by atoms with Crippen LogP contribution in [0.4, 0.5) is 5.69 Å². The molecule has 0 radical (unpaired) electrons. The molecule has 0 spiro atoms. The van der Waals surface area contributed by atoms with E-state index in [1.807, 2.05) is 0 Å². The monoisotopic (exact) mass is 305 g/mol. The van der Waals surface area contributed by atoms with Crippen molar-refractivity contribution < 1.29 is 14.3 Å². The number of anilines is 1. The van der Waals surface area contributed by atoms with Crippen LogP contribution in [0, 0.1) is 0 Å². The first-order valence-electron chi connectivity index (χ1n) is 6.46. The van der Waals surface area contributed by atoms with Crippen molar-refractivity contribution in [3.8, 4) is 11.5 Å². The molecule has 0 fully saturated rings. The Morgan fingerprint density at radius 3 is 2.43 bits per heavy atom. The fraction of sp³-hybridized carbons (Fsp3) is 0.188. The summed E-state index contributed by atoms with van der Waals surface area (Å²) in [6.45, 7) is 1.67. The van der Waals surface area contributed by atoms with Gasteiger partial charge in [-0.25, -0.2) is 0 Å². The molecule has 1 amide bonds. The molecule has 1 atom stereocenters. The molecule has 2 rings (SSSR count). The van der Waals surface area contributed by atoms with E-state index in [-0.39, 0.29) is 5.91 Å². The van der Waals surface area contributed by atoms with Crippen molar-refractivity contribution in [3.05, 3.63) is 53.6 Å². The molecule has 0 unspecified atom stereocenters. The van der Waals surface area contributed by atoms with Crippen LogP contribution in [0.5, 0.6) is 11.5 Å². The second-order valence-corrected chi connectivity index (χ2v) is 4.82. The molecule has 110 valence electrons. The molecule has 4 nitrogen and oxygen atoms in total. The molecule has 0 aliphatic carbocycles. The molecule has 2 aromatic rings. The van der Waals surface area contributed by atoms with E-state index >= 15 is 0 Å². The van der Waals surface area contributed by atoms with Crippen LogP contribution >= 0.6 is 11.6 Å². The number of hydrogen-bond donors (Lipinski definition) is 1. The van der Waals surface area contributed by atoms with Gasteiger partial charge in [0.2, 0.25) is 0 Å². The minimum absolute atomic E-state index is 0.250. The zero-order valence-corrected chi connectivity index (χ0v) is 12.6. The number of carbonyl (C=O) groups is 1. The number of amides is 1. The summed E-state index contributed by atoms with van der Waals surface area (Å²) >= 11 is 6.00. The van der Waals surface area contributed by atoms with Gasteiger partial charge in [0.05, 0.1) is 12.1 Å². The Kier molecular flexibility index (Phi) is 5.06. The Morgan fingerprint density at radius 2 is 1.81 bits per heavy atom. The minimum atomic E-state index is -0.660. The van der Waals surface area contributed by atoms with Crippen LogP contribution < -0.4 is 14.8 Å². The lowest BCUT2D eigenvalue weighted by molar-refractivity contribution is -0.122. The topological polar surface area (TPSA) is 47.6 Å². The number of halogens is 1. The van der Waals surface area contributed by atoms with Crippen LogP contribution in [-0.2, 0) is 4.79 Å². The average molecular weight is 306 g/mol. The van der Waals surface area contributed by atoms with E-state index in [0.29, 0.717) is 16.5 Å². The van der Waals surface area contributed by atoms with Crippen LogP contribution in [0.3, 0.4) is 0 Å². The molecule has 21 heavy (non-hydrogen) atoms. The van der Waals surface area contributed by atoms with Crippen molar-refractivity contribution in [2.24, 2.45) is 0 Å². The Bertz CT molecular complexity index is 613. The van der Waals surface area contributed by atoms with Crippen molar-refractivity contribution in [1.29, 1.82) is 0 Å². The maximum Gasteiger partial charge on any atom is 0.265 e. The van der Waals surface area contributed by atoms with Crippen molar-refractivity contribution >= 4 is 23.2 Å². The number of rotatable bonds is 5. The van der Waals surface area contributed by atoms with Crippen molar-refractivity contribution in [1.82, 2.24) is 0 Å². The maximum atomic E-state index is 12.1. The van der Waals surface area contributed by atoms with E-state index in [1.54, 1.807) is 62.6 Å². The predicted molar refractivity (Wildman–Crippen MR) is 83.2 cm³/mol. The van der Waals surface area contributed by atoms with Crippen LogP contribution in [0.25, 0.3) is 0 Å². The van der Waals surface area contributed by atoms with E-state index < -0.39 is 6.10 Å². The molecule has 0 aliphatic heterocycles. The van der Waals surface area contributed by atoms with Gasteiger partial charge < -0.3 is 14.8 Å². The van der Waals surface area contributed by atoms with Gasteiger partial charge in [-0.15, -0.1) is 0 Å². The molecule has 1 N–H and O–H groups in total. The summed E-state index contributed by atoms with van der Waals surface area (Å²) in [6.07, 6.45) is -0.660. The van der Waals surface area contributed by atoms with Gasteiger partial charge in [0.25, 0.3) is 5.91 Å². The Balaban J connectivity index is 1.97. The van der Waals surface area contributed by atoms with E-state index in [9.17, 15) is 4.79 Å². The second kappa shape index (κ2) is 6.99. The summed E-state index contributed by atoms with van der Waals surface area (Å²) in [5.74, 6) is 0.963. The van der Waals surface area contributed by atoms with Crippen molar-refractivity contribution in [2.75, 3.05) is 12.4 Å². The SMILES string of the molecule is COc1ccc(NC(=O)[C@@H](C)Oc2ccccc2Cl)cc1. The zero-order valence-electron chi connectivity index (χ0n) is 11.8. The molecule has 2 aromatic carbocycles. The van der Waals surface area contributed by atoms with Crippen molar-refractivity contribution in [3.63, 3.8) is 0 Å². The van der Waals surface area contributed by atoms with Gasteiger partial charge in [-0.05, 0) is 43.3 Å². The van der Waals surface area contributed by atoms with Crippen LogP contribution in [0.15, 0.2) is 48.5 Å². The Hall–Kier alpha value is -2.20.